The van der Waals surface area contributed by atoms with Crippen molar-refractivity contribution in [2.75, 3.05) is 25.2 Å². The summed E-state index contributed by atoms with van der Waals surface area (Å²) in [5.41, 5.74) is 6.46. The van der Waals surface area contributed by atoms with Crippen molar-refractivity contribution in [2.24, 2.45) is 11.6 Å². The van der Waals surface area contributed by atoms with Gasteiger partial charge in [0.15, 0.2) is 5.00 Å². The molecule has 0 saturated heterocycles. The zero-order valence-electron chi connectivity index (χ0n) is 10.6. The summed E-state index contributed by atoms with van der Waals surface area (Å²) < 4.78 is 30.5. The standard InChI is InChI=1S/C8H13N5O6S2/c9-6(14)4-19-2-1-11-21(17,18)7-3-5(13(15)16)8(12-10)20-7/h3,11-12H,1-2,4,10H2,(H2,9,14). The molecular weight excluding hydrogens is 326 g/mol. The van der Waals surface area contributed by atoms with Crippen molar-refractivity contribution >= 4 is 38.0 Å². The molecule has 11 nitrogen and oxygen atoms in total. The van der Waals surface area contributed by atoms with Gasteiger partial charge in [-0.2, -0.15) is 0 Å². The molecule has 6 N–H and O–H groups in total. The van der Waals surface area contributed by atoms with Crippen LogP contribution in [0, 0.1) is 10.1 Å². The summed E-state index contributed by atoms with van der Waals surface area (Å²) in [6.07, 6.45) is 0. The third-order valence-electron chi connectivity index (χ3n) is 2.07. The second-order valence-electron chi connectivity index (χ2n) is 3.60. The molecule has 0 aliphatic heterocycles. The number of nitrogens with two attached hydrogens (primary N) is 2. The predicted molar refractivity (Wildman–Crippen MR) is 74.0 cm³/mol. The second-order valence-corrected chi connectivity index (χ2v) is 6.64. The lowest BCUT2D eigenvalue weighted by atomic mass is 10.5. The van der Waals surface area contributed by atoms with Crippen molar-refractivity contribution < 1.29 is 22.9 Å². The molecule has 0 unspecified atom stereocenters. The van der Waals surface area contributed by atoms with E-state index in [9.17, 15) is 23.3 Å². The molecule has 118 valence electrons. The van der Waals surface area contributed by atoms with Crippen LogP contribution in [-0.4, -0.2) is 39.0 Å². The lowest BCUT2D eigenvalue weighted by molar-refractivity contribution is -0.383. The Balaban J connectivity index is 2.70. The Morgan fingerprint density at radius 2 is 2.19 bits per heavy atom. The van der Waals surface area contributed by atoms with Crippen LogP contribution in [0.15, 0.2) is 10.3 Å². The van der Waals surface area contributed by atoms with Crippen LogP contribution in [0.2, 0.25) is 0 Å². The highest BCUT2D eigenvalue weighted by molar-refractivity contribution is 7.91. The number of hydrogen-bond acceptors (Lipinski definition) is 9. The normalized spacial score (nSPS) is 11.3. The molecule has 0 spiro atoms. The number of sulfonamides is 1. The van der Waals surface area contributed by atoms with Crippen LogP contribution in [-0.2, 0) is 19.6 Å². The number of nitrogen functional groups attached to an aromatic ring is 1. The zero-order chi connectivity index (χ0) is 16.0. The molecule has 0 aliphatic rings. The van der Waals surface area contributed by atoms with Gasteiger partial charge in [-0.25, -0.2) is 19.0 Å². The van der Waals surface area contributed by atoms with Gasteiger partial charge < -0.3 is 15.9 Å². The molecule has 1 amide bonds. The highest BCUT2D eigenvalue weighted by Gasteiger charge is 2.25. The molecule has 0 aliphatic carbocycles. The summed E-state index contributed by atoms with van der Waals surface area (Å²) >= 11 is 0.620. The maximum Gasteiger partial charge on any atom is 0.306 e. The average molecular weight is 339 g/mol. The number of hydrazine groups is 1. The minimum Gasteiger partial charge on any atom is -0.370 e. The van der Waals surface area contributed by atoms with Crippen molar-refractivity contribution in [1.29, 1.82) is 0 Å². The van der Waals surface area contributed by atoms with Crippen LogP contribution in [0.3, 0.4) is 0 Å². The molecule has 1 aromatic rings. The van der Waals surface area contributed by atoms with Gasteiger partial charge in [0, 0.05) is 12.6 Å². The zero-order valence-corrected chi connectivity index (χ0v) is 12.2. The van der Waals surface area contributed by atoms with E-state index in [1.165, 1.54) is 0 Å². The number of nitrogens with one attached hydrogen (secondary N) is 2. The highest BCUT2D eigenvalue weighted by Crippen LogP contribution is 2.36. The Morgan fingerprint density at radius 1 is 1.52 bits per heavy atom. The summed E-state index contributed by atoms with van der Waals surface area (Å²) in [6, 6.07) is 0.895. The summed E-state index contributed by atoms with van der Waals surface area (Å²) in [5, 5.41) is 10.6. The molecule has 1 aromatic heterocycles. The Labute approximate surface area is 123 Å². The number of hydrogen-bond donors (Lipinski definition) is 4. The number of ether oxygens (including phenoxy) is 1. The van der Waals surface area contributed by atoms with Crippen LogP contribution in [0.5, 0.6) is 0 Å². The van der Waals surface area contributed by atoms with E-state index in [1.54, 1.807) is 0 Å². The highest BCUT2D eigenvalue weighted by atomic mass is 32.2. The number of nitro groups is 1. The number of carbonyl (C=O) groups is 1. The lowest BCUT2D eigenvalue weighted by Gasteiger charge is -2.04. The van der Waals surface area contributed by atoms with Gasteiger partial charge in [0.1, 0.15) is 10.8 Å². The van der Waals surface area contributed by atoms with Crippen molar-refractivity contribution in [1.82, 2.24) is 4.72 Å². The fourth-order valence-corrected chi connectivity index (χ4v) is 3.52. The van der Waals surface area contributed by atoms with Crippen LogP contribution in [0.4, 0.5) is 10.7 Å². The average Bonchev–Trinajstić information content (AvgIpc) is 2.82. The molecule has 1 heterocycles. The first-order valence-electron chi connectivity index (χ1n) is 5.38. The lowest BCUT2D eigenvalue weighted by Crippen LogP contribution is -2.28. The van der Waals surface area contributed by atoms with Gasteiger partial charge >= 0.3 is 5.69 Å². The van der Waals surface area contributed by atoms with Crippen LogP contribution >= 0.6 is 11.3 Å². The van der Waals surface area contributed by atoms with Gasteiger partial charge in [-0.3, -0.25) is 14.9 Å². The third kappa shape index (κ3) is 4.91. The number of amides is 1. The van der Waals surface area contributed by atoms with Crippen molar-refractivity contribution in [3.8, 4) is 0 Å². The molecule has 0 bridgehead atoms. The van der Waals surface area contributed by atoms with Crippen LogP contribution < -0.4 is 21.7 Å². The summed E-state index contributed by atoms with van der Waals surface area (Å²) in [6.45, 7) is -0.516. The molecule has 0 radical (unpaired) electrons. The Bertz CT molecular complexity index is 627. The Morgan fingerprint density at radius 3 is 2.67 bits per heavy atom. The van der Waals surface area contributed by atoms with Gasteiger partial charge in [0.25, 0.3) is 0 Å². The van der Waals surface area contributed by atoms with E-state index in [4.69, 9.17) is 16.3 Å². The number of primary amides is 1. The Kier molecular flexibility index (Phi) is 5.98. The van der Waals surface area contributed by atoms with Gasteiger partial charge in [-0.1, -0.05) is 11.3 Å². The van der Waals surface area contributed by atoms with E-state index in [2.05, 4.69) is 10.1 Å². The number of rotatable bonds is 9. The van der Waals surface area contributed by atoms with Gasteiger partial charge in [-0.05, 0) is 0 Å². The van der Waals surface area contributed by atoms with E-state index in [-0.39, 0.29) is 29.0 Å². The largest absolute Gasteiger partial charge is 0.370 e. The van der Waals surface area contributed by atoms with E-state index in [0.29, 0.717) is 11.3 Å². The quantitative estimate of drug-likeness (QED) is 0.186. The first-order valence-corrected chi connectivity index (χ1v) is 7.68. The topological polar surface area (TPSA) is 180 Å². The molecule has 13 heteroatoms. The fourth-order valence-electron chi connectivity index (χ4n) is 1.22. The van der Waals surface area contributed by atoms with Crippen LogP contribution in [0.25, 0.3) is 0 Å². The first-order chi connectivity index (χ1) is 9.77. The first kappa shape index (κ1) is 17.3. The smallest absolute Gasteiger partial charge is 0.306 e. The van der Waals surface area contributed by atoms with Gasteiger partial charge in [-0.15, -0.1) is 0 Å². The minimum atomic E-state index is -3.93. The molecular formula is C8H13N5O6S2. The summed E-state index contributed by atoms with van der Waals surface area (Å²) in [4.78, 5) is 20.4. The maximum atomic E-state index is 11.9. The maximum absolute atomic E-state index is 11.9. The van der Waals surface area contributed by atoms with Gasteiger partial charge in [0.05, 0.1) is 11.5 Å². The molecule has 0 aromatic carbocycles. The van der Waals surface area contributed by atoms with E-state index in [0.717, 1.165) is 6.07 Å². The molecule has 0 atom stereocenters. The molecule has 0 fully saturated rings. The number of carbonyl (C=O) groups excluding carboxylic acids is 1. The van der Waals surface area contributed by atoms with Crippen molar-refractivity contribution in [3.63, 3.8) is 0 Å². The second kappa shape index (κ2) is 7.28. The fraction of sp³-hybridized carbons (Fsp3) is 0.375. The van der Waals surface area contributed by atoms with E-state index >= 15 is 0 Å². The van der Waals surface area contributed by atoms with E-state index < -0.39 is 26.5 Å². The minimum absolute atomic E-state index is 0.0718. The molecule has 0 saturated carbocycles. The SMILES string of the molecule is NNc1sc(S(=O)(=O)NCCOCC(N)=O)cc1[N+](=O)[O-]. The van der Waals surface area contributed by atoms with Crippen molar-refractivity contribution in [2.45, 2.75) is 4.21 Å². The van der Waals surface area contributed by atoms with Crippen molar-refractivity contribution in [3.05, 3.63) is 16.2 Å². The van der Waals surface area contributed by atoms with Crippen LogP contribution in [0.1, 0.15) is 0 Å². The Hall–Kier alpha value is -1.80. The number of nitrogens with zero attached hydrogens (tertiary/aromatic N) is 1. The third-order valence-corrected chi connectivity index (χ3v) is 5.06. The predicted octanol–water partition coefficient (Wildman–Crippen LogP) is -1.28. The number of anilines is 1. The summed E-state index contributed by atoms with van der Waals surface area (Å²) in [5.74, 6) is 4.41. The number of thiophene rings is 1. The summed E-state index contributed by atoms with van der Waals surface area (Å²) in [7, 11) is -3.93. The van der Waals surface area contributed by atoms with Gasteiger partial charge in [0.2, 0.25) is 15.9 Å². The molecule has 1 rings (SSSR count). The monoisotopic (exact) mass is 339 g/mol. The molecule has 21 heavy (non-hydrogen) atoms. The van der Waals surface area contributed by atoms with E-state index in [1.807, 2.05) is 0 Å².